The van der Waals surface area contributed by atoms with Gasteiger partial charge in [-0.2, -0.15) is 5.10 Å². The Morgan fingerprint density at radius 3 is 2.63 bits per heavy atom. The number of unbranched alkanes of at least 4 members (excludes halogenated alkanes) is 1. The van der Waals surface area contributed by atoms with E-state index in [1.165, 1.54) is 17.8 Å². The molecule has 0 N–H and O–H groups in total. The lowest BCUT2D eigenvalue weighted by atomic mass is 9.99. The van der Waals surface area contributed by atoms with Crippen LogP contribution in [-0.4, -0.2) is 31.5 Å². The third kappa shape index (κ3) is 5.73. The number of benzene rings is 2. The van der Waals surface area contributed by atoms with Crippen molar-refractivity contribution >= 4 is 40.3 Å². The van der Waals surface area contributed by atoms with Gasteiger partial charge in [0.15, 0.2) is 0 Å². The number of carbonyl (C=O) groups excluding carboxylic acids is 1. The van der Waals surface area contributed by atoms with E-state index >= 15 is 0 Å². The summed E-state index contributed by atoms with van der Waals surface area (Å²) in [6.45, 7) is 6.73. The fourth-order valence-corrected chi connectivity index (χ4v) is 5.41. The maximum atomic E-state index is 14.4. The average molecular weight is 508 g/mol. The van der Waals surface area contributed by atoms with Crippen molar-refractivity contribution in [1.29, 1.82) is 0 Å². The minimum atomic E-state index is -0.285. The molecule has 2 aromatic carbocycles. The first-order valence-electron chi connectivity index (χ1n) is 12.1. The van der Waals surface area contributed by atoms with Gasteiger partial charge in [-0.25, -0.2) is 9.07 Å². The third-order valence-electron chi connectivity index (χ3n) is 6.35. The van der Waals surface area contributed by atoms with Crippen LogP contribution in [0.25, 0.3) is 23.0 Å². The van der Waals surface area contributed by atoms with Gasteiger partial charge in [0.2, 0.25) is 0 Å². The summed E-state index contributed by atoms with van der Waals surface area (Å²) in [5.74, 6) is 0.0823. The number of carbonyl (C=O) groups is 1. The second kappa shape index (κ2) is 11.3. The van der Waals surface area contributed by atoms with Gasteiger partial charge in [0.1, 0.15) is 15.8 Å². The van der Waals surface area contributed by atoms with Crippen LogP contribution in [0.4, 0.5) is 4.39 Å². The molecule has 0 bridgehead atoms. The Morgan fingerprint density at radius 2 is 1.94 bits per heavy atom. The number of rotatable bonds is 9. The number of aryl methyl sites for hydroxylation is 1. The van der Waals surface area contributed by atoms with E-state index in [0.29, 0.717) is 38.5 Å². The molecule has 2 heterocycles. The van der Waals surface area contributed by atoms with Gasteiger partial charge in [-0.15, -0.1) is 0 Å². The fraction of sp³-hybridized carbons (Fsp3) is 0.321. The minimum Gasteiger partial charge on any atom is -0.293 e. The highest BCUT2D eigenvalue weighted by Crippen LogP contribution is 2.36. The van der Waals surface area contributed by atoms with E-state index in [4.69, 9.17) is 17.3 Å². The molecule has 4 rings (SSSR count). The molecule has 1 aliphatic heterocycles. The number of thiocarbonyl (C=S) groups is 1. The topological polar surface area (TPSA) is 38.1 Å². The van der Waals surface area contributed by atoms with Crippen LogP contribution in [0.5, 0.6) is 0 Å². The minimum absolute atomic E-state index is 0.0663. The first-order chi connectivity index (χ1) is 16.9. The maximum Gasteiger partial charge on any atom is 0.266 e. The second-order valence-electron chi connectivity index (χ2n) is 8.89. The lowest BCUT2D eigenvalue weighted by Crippen LogP contribution is -2.33. The number of thioether (sulfide) groups is 1. The number of halogens is 1. The van der Waals surface area contributed by atoms with Gasteiger partial charge in [-0.05, 0) is 49.1 Å². The summed E-state index contributed by atoms with van der Waals surface area (Å²) < 4.78 is 16.8. The number of hydrogen-bond acceptors (Lipinski definition) is 4. The molecule has 1 fully saturated rings. The molecule has 4 nitrogen and oxygen atoms in total. The van der Waals surface area contributed by atoms with Crippen molar-refractivity contribution in [2.45, 2.75) is 46.5 Å². The molecule has 0 spiro atoms. The number of para-hydroxylation sites is 1. The highest BCUT2D eigenvalue weighted by Gasteiger charge is 2.33. The van der Waals surface area contributed by atoms with E-state index in [-0.39, 0.29) is 11.7 Å². The monoisotopic (exact) mass is 507 g/mol. The Hall–Kier alpha value is -2.77. The summed E-state index contributed by atoms with van der Waals surface area (Å²) in [6.07, 6.45) is 8.12. The largest absolute Gasteiger partial charge is 0.293 e. The van der Waals surface area contributed by atoms with Crippen molar-refractivity contribution in [3.8, 4) is 16.9 Å². The molecule has 7 heteroatoms. The Labute approximate surface area is 216 Å². The summed E-state index contributed by atoms with van der Waals surface area (Å²) >= 11 is 6.91. The SMILES string of the molecule is CCCC[C@H](CC)CN1C(=O)/C(=C/c2cn(-c3ccccc3)nc2-c2ccc(C)c(F)c2)SC1=S. The van der Waals surface area contributed by atoms with Crippen LogP contribution in [-0.2, 0) is 4.79 Å². The van der Waals surface area contributed by atoms with Crippen molar-refractivity contribution in [2.75, 3.05) is 6.54 Å². The van der Waals surface area contributed by atoms with Crippen molar-refractivity contribution < 1.29 is 9.18 Å². The van der Waals surface area contributed by atoms with Crippen molar-refractivity contribution in [2.24, 2.45) is 5.92 Å². The molecule has 0 unspecified atom stereocenters. The first-order valence-corrected chi connectivity index (χ1v) is 13.3. The summed E-state index contributed by atoms with van der Waals surface area (Å²) in [7, 11) is 0. The van der Waals surface area contributed by atoms with Gasteiger partial charge in [-0.1, -0.05) is 87.4 Å². The Bertz CT molecular complexity index is 1250. The standard InChI is InChI=1S/C28H30FN3OS2/c1-4-6-10-20(5-2)17-31-27(33)25(35-28(31)34)16-22-18-32(23-11-8-7-9-12-23)30-26(22)21-14-13-19(3)24(29)15-21/h7-9,11-16,18,20H,4-6,10,17H2,1-3H3/b25-16-/t20-/m0/s1. The van der Waals surface area contributed by atoms with Crippen molar-refractivity contribution in [1.82, 2.24) is 14.7 Å². The van der Waals surface area contributed by atoms with Crippen LogP contribution >= 0.6 is 24.0 Å². The predicted octanol–water partition coefficient (Wildman–Crippen LogP) is 7.40. The maximum absolute atomic E-state index is 14.4. The molecule has 35 heavy (non-hydrogen) atoms. The van der Waals surface area contributed by atoms with Crippen LogP contribution in [0.1, 0.15) is 50.7 Å². The van der Waals surface area contributed by atoms with Crippen LogP contribution in [0.3, 0.4) is 0 Å². The zero-order chi connectivity index (χ0) is 24.9. The van der Waals surface area contributed by atoms with E-state index in [9.17, 15) is 9.18 Å². The predicted molar refractivity (Wildman–Crippen MR) is 147 cm³/mol. The molecular weight excluding hydrogens is 477 g/mol. The molecule has 1 aromatic heterocycles. The molecule has 1 saturated heterocycles. The molecule has 0 aliphatic carbocycles. The van der Waals surface area contributed by atoms with Gasteiger partial charge in [0.05, 0.1) is 10.6 Å². The molecule has 3 aromatic rings. The van der Waals surface area contributed by atoms with Gasteiger partial charge < -0.3 is 0 Å². The Morgan fingerprint density at radius 1 is 1.17 bits per heavy atom. The molecular formula is C28H30FN3OS2. The smallest absolute Gasteiger partial charge is 0.266 e. The molecule has 182 valence electrons. The summed E-state index contributed by atoms with van der Waals surface area (Å²) in [6, 6.07) is 14.8. The average Bonchev–Trinajstić information content (AvgIpc) is 3.40. The van der Waals surface area contributed by atoms with Crippen LogP contribution < -0.4 is 0 Å². The van der Waals surface area contributed by atoms with Crippen molar-refractivity contribution in [3.63, 3.8) is 0 Å². The Balaban J connectivity index is 1.70. The lowest BCUT2D eigenvalue weighted by Gasteiger charge is -2.21. The first kappa shape index (κ1) is 25.3. The highest BCUT2D eigenvalue weighted by atomic mass is 32.2. The number of hydrogen-bond donors (Lipinski definition) is 0. The van der Waals surface area contributed by atoms with E-state index in [2.05, 4.69) is 13.8 Å². The van der Waals surface area contributed by atoms with Gasteiger partial charge in [-0.3, -0.25) is 9.69 Å². The van der Waals surface area contributed by atoms with E-state index in [1.54, 1.807) is 22.6 Å². The molecule has 0 radical (unpaired) electrons. The van der Waals surface area contributed by atoms with Gasteiger partial charge >= 0.3 is 0 Å². The van der Waals surface area contributed by atoms with Crippen LogP contribution in [0, 0.1) is 18.7 Å². The number of amides is 1. The van der Waals surface area contributed by atoms with Gasteiger partial charge in [0.25, 0.3) is 5.91 Å². The van der Waals surface area contributed by atoms with E-state index in [0.717, 1.165) is 36.9 Å². The van der Waals surface area contributed by atoms with Gasteiger partial charge in [0, 0.05) is 23.9 Å². The fourth-order valence-electron chi connectivity index (χ4n) is 4.14. The normalized spacial score (nSPS) is 15.9. The third-order valence-corrected chi connectivity index (χ3v) is 7.73. The van der Waals surface area contributed by atoms with E-state index < -0.39 is 0 Å². The quantitative estimate of drug-likeness (QED) is 0.223. The zero-order valence-electron chi connectivity index (χ0n) is 20.3. The molecule has 1 amide bonds. The van der Waals surface area contributed by atoms with Crippen LogP contribution in [0.15, 0.2) is 59.6 Å². The number of aromatic nitrogens is 2. The van der Waals surface area contributed by atoms with Crippen LogP contribution in [0.2, 0.25) is 0 Å². The summed E-state index contributed by atoms with van der Waals surface area (Å²) in [5.41, 5.74) is 3.49. The van der Waals surface area contributed by atoms with Crippen molar-refractivity contribution in [3.05, 3.63) is 76.6 Å². The summed E-state index contributed by atoms with van der Waals surface area (Å²) in [4.78, 5) is 15.6. The summed E-state index contributed by atoms with van der Waals surface area (Å²) in [5, 5.41) is 4.76. The lowest BCUT2D eigenvalue weighted by molar-refractivity contribution is -0.122. The zero-order valence-corrected chi connectivity index (χ0v) is 22.0. The molecule has 1 atom stereocenters. The number of nitrogens with zero attached hydrogens (tertiary/aromatic N) is 3. The Kier molecular flexibility index (Phi) is 8.19. The van der Waals surface area contributed by atoms with E-state index in [1.807, 2.05) is 48.7 Å². The highest BCUT2D eigenvalue weighted by molar-refractivity contribution is 8.26. The molecule has 1 aliphatic rings. The second-order valence-corrected chi connectivity index (χ2v) is 10.6. The molecule has 0 saturated carbocycles.